The molecule has 2 aliphatic rings. The van der Waals surface area contributed by atoms with Crippen molar-refractivity contribution in [3.8, 4) is 10.6 Å². The molecule has 150 valence electrons. The first-order chi connectivity index (χ1) is 13.8. The Hall–Kier alpha value is -1.80. The van der Waals surface area contributed by atoms with Crippen LogP contribution in [0.1, 0.15) is 24.1 Å². The van der Waals surface area contributed by atoms with Gasteiger partial charge in [0, 0.05) is 43.7 Å². The number of amides is 1. The maximum Gasteiger partial charge on any atom is 0.226 e. The van der Waals surface area contributed by atoms with Crippen molar-refractivity contribution in [2.75, 3.05) is 39.5 Å². The first kappa shape index (κ1) is 19.5. The van der Waals surface area contributed by atoms with Crippen LogP contribution in [0.3, 0.4) is 0 Å². The molecule has 1 unspecified atom stereocenters. The molecule has 0 spiro atoms. The van der Waals surface area contributed by atoms with Crippen molar-refractivity contribution >= 4 is 17.2 Å². The summed E-state index contributed by atoms with van der Waals surface area (Å²) in [6.45, 7) is 5.99. The predicted molar refractivity (Wildman–Crippen MR) is 109 cm³/mol. The molecular weight excluding hydrogens is 374 g/mol. The van der Waals surface area contributed by atoms with Gasteiger partial charge < -0.3 is 14.8 Å². The normalized spacial score (nSPS) is 20.4. The van der Waals surface area contributed by atoms with E-state index in [9.17, 15) is 4.79 Å². The molecule has 6 nitrogen and oxygen atoms in total. The van der Waals surface area contributed by atoms with Gasteiger partial charge in [0.15, 0.2) is 0 Å². The number of hydrogen-bond donors (Lipinski definition) is 1. The molecule has 2 aliphatic heterocycles. The van der Waals surface area contributed by atoms with Crippen LogP contribution in [0, 0.1) is 0 Å². The van der Waals surface area contributed by atoms with Crippen molar-refractivity contribution in [2.45, 2.75) is 31.9 Å². The second kappa shape index (κ2) is 9.60. The molecule has 0 bridgehead atoms. The van der Waals surface area contributed by atoms with Gasteiger partial charge in [0.05, 0.1) is 31.4 Å². The zero-order chi connectivity index (χ0) is 19.2. The fourth-order valence-corrected chi connectivity index (χ4v) is 4.38. The van der Waals surface area contributed by atoms with Gasteiger partial charge in [-0.15, -0.1) is 11.3 Å². The Morgan fingerprint density at radius 1 is 1.21 bits per heavy atom. The Balaban J connectivity index is 1.28. The lowest BCUT2D eigenvalue weighted by atomic mass is 10.1. The van der Waals surface area contributed by atoms with E-state index in [1.54, 1.807) is 11.3 Å². The summed E-state index contributed by atoms with van der Waals surface area (Å²) in [5.41, 5.74) is 3.22. The van der Waals surface area contributed by atoms with Gasteiger partial charge in [0.1, 0.15) is 5.01 Å². The number of nitrogens with zero attached hydrogens (tertiary/aromatic N) is 2. The molecule has 1 aromatic heterocycles. The third kappa shape index (κ3) is 5.38. The van der Waals surface area contributed by atoms with E-state index in [-0.39, 0.29) is 12.0 Å². The van der Waals surface area contributed by atoms with Crippen LogP contribution in [0.5, 0.6) is 0 Å². The van der Waals surface area contributed by atoms with Crippen LogP contribution in [-0.4, -0.2) is 61.3 Å². The summed E-state index contributed by atoms with van der Waals surface area (Å²) in [6.07, 6.45) is 2.60. The summed E-state index contributed by atoms with van der Waals surface area (Å²) in [5, 5.41) is 5.89. The van der Waals surface area contributed by atoms with Gasteiger partial charge in [-0.2, -0.15) is 0 Å². The molecule has 1 aromatic carbocycles. The van der Waals surface area contributed by atoms with Gasteiger partial charge in [0.2, 0.25) is 5.91 Å². The smallest absolute Gasteiger partial charge is 0.226 e. The minimum absolute atomic E-state index is 0.00760. The second-order valence-corrected chi connectivity index (χ2v) is 8.20. The number of aromatic nitrogens is 1. The highest BCUT2D eigenvalue weighted by molar-refractivity contribution is 7.13. The highest BCUT2D eigenvalue weighted by Crippen LogP contribution is 2.24. The van der Waals surface area contributed by atoms with Crippen molar-refractivity contribution in [1.82, 2.24) is 15.2 Å². The van der Waals surface area contributed by atoms with Crippen LogP contribution < -0.4 is 5.32 Å². The lowest BCUT2D eigenvalue weighted by molar-refractivity contribution is -0.121. The fraction of sp³-hybridized carbons (Fsp3) is 0.524. The number of hydrogen-bond acceptors (Lipinski definition) is 6. The van der Waals surface area contributed by atoms with Gasteiger partial charge in [0.25, 0.3) is 0 Å². The van der Waals surface area contributed by atoms with E-state index < -0.39 is 0 Å². The Morgan fingerprint density at radius 2 is 2.04 bits per heavy atom. The Labute approximate surface area is 169 Å². The fourth-order valence-electron chi connectivity index (χ4n) is 3.55. The monoisotopic (exact) mass is 401 g/mol. The van der Waals surface area contributed by atoms with E-state index in [1.165, 1.54) is 5.56 Å². The average Bonchev–Trinajstić information content (AvgIpc) is 3.40. The molecule has 3 heterocycles. The molecule has 1 amide bonds. The van der Waals surface area contributed by atoms with Crippen LogP contribution in [-0.2, 0) is 27.2 Å². The maximum atomic E-state index is 12.1. The van der Waals surface area contributed by atoms with Crippen LogP contribution in [0.15, 0.2) is 29.6 Å². The molecule has 2 fully saturated rings. The molecule has 2 saturated heterocycles. The molecule has 1 atom stereocenters. The molecule has 0 radical (unpaired) electrons. The van der Waals surface area contributed by atoms with E-state index in [4.69, 9.17) is 9.47 Å². The summed E-state index contributed by atoms with van der Waals surface area (Å²) in [7, 11) is 0. The van der Waals surface area contributed by atoms with Crippen molar-refractivity contribution < 1.29 is 14.3 Å². The van der Waals surface area contributed by atoms with Crippen molar-refractivity contribution in [2.24, 2.45) is 0 Å². The number of carbonyl (C=O) groups excluding carboxylic acids is 1. The van der Waals surface area contributed by atoms with E-state index in [0.29, 0.717) is 13.0 Å². The third-order valence-corrected chi connectivity index (χ3v) is 6.10. The molecule has 7 heteroatoms. The average molecular weight is 402 g/mol. The number of thiazole rings is 1. The Bertz CT molecular complexity index is 765. The lowest BCUT2D eigenvalue weighted by Crippen LogP contribution is -2.35. The van der Waals surface area contributed by atoms with E-state index in [2.05, 4.69) is 39.5 Å². The van der Waals surface area contributed by atoms with Crippen LogP contribution in [0.25, 0.3) is 10.6 Å². The molecule has 0 aliphatic carbocycles. The van der Waals surface area contributed by atoms with Crippen molar-refractivity contribution in [3.63, 3.8) is 0 Å². The highest BCUT2D eigenvalue weighted by atomic mass is 32.1. The highest BCUT2D eigenvalue weighted by Gasteiger charge is 2.17. The Kier molecular flexibility index (Phi) is 6.69. The molecule has 2 aromatic rings. The number of ether oxygens (including phenoxy) is 2. The van der Waals surface area contributed by atoms with Crippen LogP contribution >= 0.6 is 11.3 Å². The zero-order valence-electron chi connectivity index (χ0n) is 16.1. The number of morpholine rings is 1. The lowest BCUT2D eigenvalue weighted by Gasteiger charge is -2.26. The molecule has 1 N–H and O–H groups in total. The summed E-state index contributed by atoms with van der Waals surface area (Å²) >= 11 is 1.59. The van der Waals surface area contributed by atoms with E-state index in [0.717, 1.165) is 68.6 Å². The van der Waals surface area contributed by atoms with E-state index >= 15 is 0 Å². The first-order valence-corrected chi connectivity index (χ1v) is 10.9. The predicted octanol–water partition coefficient (Wildman–Crippen LogP) is 2.48. The van der Waals surface area contributed by atoms with Crippen molar-refractivity contribution in [3.05, 3.63) is 40.9 Å². The molecular formula is C21H27N3O3S. The van der Waals surface area contributed by atoms with Gasteiger partial charge in [-0.1, -0.05) is 24.3 Å². The SMILES string of the molecule is O=C(Cc1csc(-c2ccc(CN3CCOCC3)cc2)n1)NCC1CCCO1. The summed E-state index contributed by atoms with van der Waals surface area (Å²) in [6, 6.07) is 8.58. The number of rotatable bonds is 7. The largest absolute Gasteiger partial charge is 0.379 e. The summed E-state index contributed by atoms with van der Waals surface area (Å²) in [4.78, 5) is 19.2. The third-order valence-electron chi connectivity index (χ3n) is 5.16. The van der Waals surface area contributed by atoms with Crippen molar-refractivity contribution in [1.29, 1.82) is 0 Å². The second-order valence-electron chi connectivity index (χ2n) is 7.35. The number of carbonyl (C=O) groups is 1. The Morgan fingerprint density at radius 3 is 2.79 bits per heavy atom. The molecule has 28 heavy (non-hydrogen) atoms. The van der Waals surface area contributed by atoms with E-state index in [1.807, 2.05) is 5.38 Å². The standard InChI is InChI=1S/C21H27N3O3S/c25-20(22-13-19-2-1-9-27-19)12-18-15-28-21(23-18)17-5-3-16(4-6-17)14-24-7-10-26-11-8-24/h3-6,15,19H,1-2,7-14H2,(H,22,25). The first-order valence-electron chi connectivity index (χ1n) is 9.98. The van der Waals surface area contributed by atoms with Crippen LogP contribution in [0.2, 0.25) is 0 Å². The topological polar surface area (TPSA) is 63.7 Å². The van der Waals surface area contributed by atoms with Gasteiger partial charge in [-0.3, -0.25) is 9.69 Å². The minimum Gasteiger partial charge on any atom is -0.379 e. The number of benzene rings is 1. The summed E-state index contributed by atoms with van der Waals surface area (Å²) in [5.74, 6) is 0.00760. The van der Waals surface area contributed by atoms with Crippen LogP contribution in [0.4, 0.5) is 0 Å². The zero-order valence-corrected chi connectivity index (χ0v) is 16.9. The molecule has 4 rings (SSSR count). The van der Waals surface area contributed by atoms with Gasteiger partial charge in [-0.05, 0) is 18.4 Å². The minimum atomic E-state index is 0.00760. The quantitative estimate of drug-likeness (QED) is 0.772. The van der Waals surface area contributed by atoms with Gasteiger partial charge in [-0.25, -0.2) is 4.98 Å². The molecule has 0 saturated carbocycles. The maximum absolute atomic E-state index is 12.1. The van der Waals surface area contributed by atoms with Gasteiger partial charge >= 0.3 is 0 Å². The summed E-state index contributed by atoms with van der Waals surface area (Å²) < 4.78 is 10.9. The number of nitrogens with one attached hydrogen (secondary N) is 1.